The molecule has 3 aliphatic rings. The number of thiazole rings is 4. The number of likely N-dealkylation sites (tertiary alicyclic amines) is 2. The molecule has 3 fully saturated rings. The van der Waals surface area contributed by atoms with E-state index in [9.17, 15) is 10.2 Å². The molecule has 7 N–H and O–H groups in total. The van der Waals surface area contributed by atoms with Crippen LogP contribution in [0, 0.1) is 66.7 Å². The lowest BCUT2D eigenvalue weighted by atomic mass is 10.1. The van der Waals surface area contributed by atoms with Crippen LogP contribution in [0.4, 0.5) is 46.5 Å². The van der Waals surface area contributed by atoms with Crippen molar-refractivity contribution in [1.82, 2.24) is 79.4 Å². The van der Waals surface area contributed by atoms with E-state index < -0.39 is 0 Å². The molecule has 0 aliphatic carbocycles. The number of nitrogens with one attached hydrogen (secondary N) is 4. The van der Waals surface area contributed by atoms with Gasteiger partial charge < -0.3 is 36.6 Å². The zero-order valence-corrected chi connectivity index (χ0v) is 65.4. The van der Waals surface area contributed by atoms with Crippen LogP contribution in [0.15, 0.2) is 143 Å². The van der Waals surface area contributed by atoms with Gasteiger partial charge in [0.2, 0.25) is 23.8 Å². The van der Waals surface area contributed by atoms with Crippen LogP contribution in [0.5, 0.6) is 0 Å². The molecule has 28 heteroatoms. The number of aliphatic hydroxyl groups excluding tert-OH is 3. The quantitative estimate of drug-likeness (QED) is 0.0352. The standard InChI is InChI=1S/C22H28N6OS.2C21H25N5OS.C16H13N5S/c1-16-11-17(2)13-18(12-16)24-22-23-4-3-19(26-22)20-15-30-21(25-20)14-28-7-5-27(6-8-28)9-10-29;1-14-9-15(2)11-16(10-14)23-21-22-6-3-18(25-21)19-13-28-20(24-19)12-26-7-4-17(27)5-8-26;1-14-8-15(2)10-16(9-14)23-21-22-6-5-18(25-21)19-13-28-20(24-19)11-26-7-3-4-17(26)12-27;1-10-5-11(2)7-12(6-10)19-16-18-4-3-13(21-16)14-9-22-15(8-17)20-14/h3-4,11-13,15,29H,5-10,14H2,1-2H3,(H,23,24,26);3,6,9-11,13,17,27H,4-5,7-8,12H2,1-2H3,(H,22,23,25);5-6,8-10,13,17,27H,3-4,7,11-12H2,1-2H3,(H,22,23,25);3-7,9H,1-2H3,(H,18,19,21)/t;;17-;/m..0./s1. The first-order valence-corrected chi connectivity index (χ1v) is 39.6. The van der Waals surface area contributed by atoms with Crippen molar-refractivity contribution in [3.63, 3.8) is 0 Å². The number of β-amino-alcohol motifs (C(OH)–C–C–N with tert-alkyl or cyclic N) is 1. The van der Waals surface area contributed by atoms with Crippen molar-refractivity contribution < 1.29 is 15.3 Å². The molecule has 108 heavy (non-hydrogen) atoms. The highest BCUT2D eigenvalue weighted by Gasteiger charge is 2.26. The smallest absolute Gasteiger partial charge is 0.227 e. The molecular formula is C80H91N21O3S4. The number of piperazine rings is 1. The lowest BCUT2D eigenvalue weighted by Gasteiger charge is -2.33. The summed E-state index contributed by atoms with van der Waals surface area (Å²) in [5, 5.41) is 61.8. The highest BCUT2D eigenvalue weighted by Crippen LogP contribution is 2.30. The molecule has 12 aromatic rings. The van der Waals surface area contributed by atoms with Crippen LogP contribution in [0.25, 0.3) is 45.6 Å². The largest absolute Gasteiger partial charge is 0.395 e. The maximum absolute atomic E-state index is 9.65. The summed E-state index contributed by atoms with van der Waals surface area (Å²) in [6.07, 6.45) is 10.7. The van der Waals surface area contributed by atoms with E-state index in [2.05, 4.69) is 199 Å². The minimum Gasteiger partial charge on any atom is -0.395 e. The maximum atomic E-state index is 9.65. The molecule has 3 saturated heterocycles. The van der Waals surface area contributed by atoms with E-state index in [1.165, 1.54) is 55.8 Å². The maximum Gasteiger partial charge on any atom is 0.227 e. The molecule has 15 rings (SSSR count). The predicted molar refractivity (Wildman–Crippen MR) is 434 cm³/mol. The highest BCUT2D eigenvalue weighted by molar-refractivity contribution is 7.11. The third-order valence-electron chi connectivity index (χ3n) is 18.0. The Morgan fingerprint density at radius 1 is 0.398 bits per heavy atom. The molecule has 4 aromatic carbocycles. The summed E-state index contributed by atoms with van der Waals surface area (Å²) in [5.41, 5.74) is 19.9. The monoisotopic (exact) mass is 1520 g/mol. The Balaban J connectivity index is 0.000000135. The van der Waals surface area contributed by atoms with E-state index in [1.54, 1.807) is 64.9 Å². The molecular weight excluding hydrogens is 1430 g/mol. The van der Waals surface area contributed by atoms with Gasteiger partial charge in [-0.2, -0.15) is 5.26 Å². The van der Waals surface area contributed by atoms with E-state index in [1.807, 2.05) is 61.0 Å². The Hall–Kier alpha value is -9.87. The van der Waals surface area contributed by atoms with Gasteiger partial charge in [0.15, 0.2) is 5.01 Å². The van der Waals surface area contributed by atoms with Gasteiger partial charge in [0.05, 0.1) is 61.7 Å². The molecule has 0 unspecified atom stereocenters. The second-order valence-electron chi connectivity index (χ2n) is 27.4. The molecule has 0 spiro atoms. The number of anilines is 8. The topological polar surface area (TPSA) is 300 Å². The molecule has 3 aliphatic heterocycles. The van der Waals surface area contributed by atoms with Crippen molar-refractivity contribution in [2.75, 3.05) is 86.8 Å². The second-order valence-corrected chi connectivity index (χ2v) is 31.1. The zero-order chi connectivity index (χ0) is 75.5. The van der Waals surface area contributed by atoms with Crippen molar-refractivity contribution >= 4 is 91.9 Å². The van der Waals surface area contributed by atoms with Crippen LogP contribution in [-0.4, -0.2) is 172 Å². The molecule has 0 radical (unpaired) electrons. The molecule has 8 aromatic heterocycles. The molecule has 11 heterocycles. The first-order valence-electron chi connectivity index (χ1n) is 36.1. The van der Waals surface area contributed by atoms with E-state index >= 15 is 0 Å². The van der Waals surface area contributed by atoms with Crippen molar-refractivity contribution in [1.29, 1.82) is 5.26 Å². The second kappa shape index (κ2) is 37.8. The van der Waals surface area contributed by atoms with E-state index in [0.717, 1.165) is 170 Å². The number of aromatic nitrogens is 12. The molecule has 0 bridgehead atoms. The third-order valence-corrected chi connectivity index (χ3v) is 21.3. The van der Waals surface area contributed by atoms with Crippen LogP contribution in [0.2, 0.25) is 0 Å². The third kappa shape index (κ3) is 22.8. The Bertz CT molecular complexity index is 4900. The van der Waals surface area contributed by atoms with Gasteiger partial charge in [0, 0.05) is 121 Å². The van der Waals surface area contributed by atoms with Gasteiger partial charge in [-0.15, -0.1) is 45.3 Å². The Morgan fingerprint density at radius 2 is 0.731 bits per heavy atom. The number of benzene rings is 4. The summed E-state index contributed by atoms with van der Waals surface area (Å²) in [7, 11) is 0. The molecule has 558 valence electrons. The number of hydrogen-bond acceptors (Lipinski definition) is 28. The fourth-order valence-corrected chi connectivity index (χ4v) is 16.2. The molecule has 24 nitrogen and oxygen atoms in total. The van der Waals surface area contributed by atoms with Crippen molar-refractivity contribution in [2.45, 2.75) is 113 Å². The summed E-state index contributed by atoms with van der Waals surface area (Å²) in [6.45, 7) is 27.1. The minimum absolute atomic E-state index is 0.146. The van der Waals surface area contributed by atoms with Gasteiger partial charge >= 0.3 is 0 Å². The first-order chi connectivity index (χ1) is 52.4. The first kappa shape index (κ1) is 77.7. The average Bonchev–Trinajstić information content (AvgIpc) is 1.64. The predicted octanol–water partition coefficient (Wildman–Crippen LogP) is 14.7. The normalized spacial score (nSPS) is 14.9. The Labute approximate surface area is 646 Å². The summed E-state index contributed by atoms with van der Waals surface area (Å²) < 4.78 is 0. The molecule has 1 atom stereocenters. The van der Waals surface area contributed by atoms with Gasteiger partial charge in [-0.1, -0.05) is 24.3 Å². The minimum atomic E-state index is -0.146. The number of nitriles is 1. The van der Waals surface area contributed by atoms with Crippen molar-refractivity contribution in [3.8, 4) is 51.6 Å². The van der Waals surface area contributed by atoms with Gasteiger partial charge in [0.25, 0.3) is 0 Å². The van der Waals surface area contributed by atoms with E-state index in [4.69, 9.17) is 25.3 Å². The van der Waals surface area contributed by atoms with Crippen molar-refractivity contribution in [2.24, 2.45) is 0 Å². The fourth-order valence-electron chi connectivity index (χ4n) is 13.2. The van der Waals surface area contributed by atoms with Gasteiger partial charge in [-0.25, -0.2) is 59.8 Å². The van der Waals surface area contributed by atoms with E-state index in [-0.39, 0.29) is 25.4 Å². The Morgan fingerprint density at radius 3 is 1.07 bits per heavy atom. The van der Waals surface area contributed by atoms with Crippen LogP contribution in [-0.2, 0) is 19.6 Å². The van der Waals surface area contributed by atoms with Gasteiger partial charge in [-0.3, -0.25) is 19.6 Å². The lowest BCUT2D eigenvalue weighted by Crippen LogP contribution is -2.46. The fraction of sp³-hybridized carbons (Fsp3) is 0.338. The number of aliphatic hydroxyl groups is 3. The molecule has 0 amide bonds. The molecule has 0 saturated carbocycles. The summed E-state index contributed by atoms with van der Waals surface area (Å²) >= 11 is 6.28. The van der Waals surface area contributed by atoms with Gasteiger partial charge in [0.1, 0.15) is 43.9 Å². The van der Waals surface area contributed by atoms with Crippen LogP contribution < -0.4 is 21.3 Å². The highest BCUT2D eigenvalue weighted by atomic mass is 32.1. The summed E-state index contributed by atoms with van der Waals surface area (Å²) in [5.74, 6) is 2.22. The summed E-state index contributed by atoms with van der Waals surface area (Å²) in [4.78, 5) is 63.6. The Kier molecular flexibility index (Phi) is 27.2. The lowest BCUT2D eigenvalue weighted by molar-refractivity contribution is 0.0792. The van der Waals surface area contributed by atoms with Gasteiger partial charge in [-0.05, 0) is 205 Å². The van der Waals surface area contributed by atoms with Crippen LogP contribution >= 0.6 is 45.3 Å². The van der Waals surface area contributed by atoms with E-state index in [0.29, 0.717) is 40.2 Å². The number of aryl methyl sites for hydroxylation is 8. The number of nitrogens with zero attached hydrogens (tertiary/aromatic N) is 17. The van der Waals surface area contributed by atoms with Crippen molar-refractivity contribution in [3.05, 3.63) is 208 Å². The van der Waals surface area contributed by atoms with Crippen LogP contribution in [0.3, 0.4) is 0 Å². The zero-order valence-electron chi connectivity index (χ0n) is 62.1. The number of rotatable bonds is 21. The average molecular weight is 1520 g/mol. The van der Waals surface area contributed by atoms with Crippen LogP contribution in [0.1, 0.15) is 90.2 Å². The SMILES string of the molecule is Cc1cc(C)cc(Nc2nccc(-c3csc(C#N)n3)n2)c1.Cc1cc(C)cc(Nc2nccc(-c3csc(CN4CCC(O)CC4)n3)n2)c1.Cc1cc(C)cc(Nc2nccc(-c3csc(CN4CCC[C@H]4CO)n3)n2)c1.Cc1cc(C)cc(Nc2nccc(-c3csc(CN4CCN(CCO)CC4)n3)n2)c1. The number of piperidine rings is 1. The number of hydrogen-bond donors (Lipinski definition) is 7. The summed E-state index contributed by atoms with van der Waals surface area (Å²) in [6, 6.07) is 34.9.